The second kappa shape index (κ2) is 6.16. The van der Waals surface area contributed by atoms with Crippen LogP contribution in [-0.2, 0) is 4.79 Å². The van der Waals surface area contributed by atoms with Gasteiger partial charge in [-0.25, -0.2) is 4.79 Å². The fourth-order valence-corrected chi connectivity index (χ4v) is 3.14. The molecule has 0 spiro atoms. The zero-order valence-electron chi connectivity index (χ0n) is 12.8. The largest absolute Gasteiger partial charge is 0.395 e. The average Bonchev–Trinajstić information content (AvgIpc) is 3.00. The number of hydrogen-bond donors (Lipinski definition) is 4. The van der Waals surface area contributed by atoms with Crippen LogP contribution >= 0.6 is 0 Å². The Morgan fingerprint density at radius 2 is 1.96 bits per heavy atom. The number of carbonyl (C=O) groups excluding carboxylic acids is 2. The second-order valence-corrected chi connectivity index (χ2v) is 5.94. The van der Waals surface area contributed by atoms with Crippen molar-refractivity contribution >= 4 is 11.9 Å². The minimum atomic E-state index is -0.497. The van der Waals surface area contributed by atoms with Crippen molar-refractivity contribution in [2.75, 3.05) is 0 Å². The summed E-state index contributed by atoms with van der Waals surface area (Å²) in [6.45, 7) is 3.63. The van der Waals surface area contributed by atoms with Gasteiger partial charge in [0.05, 0.1) is 11.4 Å². The molecule has 0 radical (unpaired) electrons. The van der Waals surface area contributed by atoms with Crippen LogP contribution in [0.4, 0.5) is 4.79 Å². The fraction of sp³-hybridized carbons (Fsp3) is 0.294. The molecule has 1 saturated carbocycles. The van der Waals surface area contributed by atoms with Gasteiger partial charge < -0.3 is 21.7 Å². The van der Waals surface area contributed by atoms with Crippen molar-refractivity contribution in [3.8, 4) is 0 Å². The third-order valence-electron chi connectivity index (χ3n) is 4.36. The van der Waals surface area contributed by atoms with Crippen molar-refractivity contribution in [3.05, 3.63) is 59.6 Å². The lowest BCUT2D eigenvalue weighted by Gasteiger charge is -2.22. The number of nitrogens with two attached hydrogens (primary N) is 1. The molecule has 0 bridgehead atoms. The Labute approximate surface area is 134 Å². The van der Waals surface area contributed by atoms with E-state index in [1.807, 2.05) is 18.2 Å². The normalized spacial score (nSPS) is 24.2. The Balaban J connectivity index is 1.64. The van der Waals surface area contributed by atoms with Gasteiger partial charge in [-0.1, -0.05) is 36.9 Å². The SMILES string of the molecule is C=C1NC(=O)NC(C(=O)N[C@@H]2CC[C@@H](c3ccccc3)C2)=C1N. The number of nitrogens with one attached hydrogen (secondary N) is 3. The molecule has 120 valence electrons. The standard InChI is InChI=1S/C17H20N4O2/c1-10-14(18)15(21-17(23)19-10)16(22)20-13-8-7-12(9-13)11-5-3-2-4-6-11/h2-6,12-13H,1,7-9,18H2,(H,20,22)(H2,19,21,23)/t12-,13-/m1/s1. The molecule has 0 saturated heterocycles. The third-order valence-corrected chi connectivity index (χ3v) is 4.36. The quantitative estimate of drug-likeness (QED) is 0.680. The van der Waals surface area contributed by atoms with E-state index in [0.717, 1.165) is 19.3 Å². The number of hydrogen-bond acceptors (Lipinski definition) is 3. The monoisotopic (exact) mass is 312 g/mol. The first-order valence-electron chi connectivity index (χ1n) is 7.67. The number of rotatable bonds is 3. The van der Waals surface area contributed by atoms with E-state index in [1.165, 1.54) is 5.56 Å². The Hall–Kier alpha value is -2.76. The molecule has 6 nitrogen and oxygen atoms in total. The van der Waals surface area contributed by atoms with Crippen molar-refractivity contribution in [2.45, 2.75) is 31.2 Å². The Bertz CT molecular complexity index is 681. The lowest BCUT2D eigenvalue weighted by Crippen LogP contribution is -2.48. The van der Waals surface area contributed by atoms with Gasteiger partial charge in [0.15, 0.2) is 0 Å². The Morgan fingerprint density at radius 3 is 2.70 bits per heavy atom. The molecule has 5 N–H and O–H groups in total. The van der Waals surface area contributed by atoms with Crippen LogP contribution in [0.5, 0.6) is 0 Å². The van der Waals surface area contributed by atoms with Gasteiger partial charge in [0.1, 0.15) is 5.70 Å². The zero-order chi connectivity index (χ0) is 16.4. The van der Waals surface area contributed by atoms with Crippen LogP contribution in [0.2, 0.25) is 0 Å². The first kappa shape index (κ1) is 15.1. The predicted molar refractivity (Wildman–Crippen MR) is 87.0 cm³/mol. The molecular formula is C17H20N4O2. The minimum Gasteiger partial charge on any atom is -0.395 e. The first-order valence-corrected chi connectivity index (χ1v) is 7.67. The van der Waals surface area contributed by atoms with E-state index in [4.69, 9.17) is 5.73 Å². The zero-order valence-corrected chi connectivity index (χ0v) is 12.8. The second-order valence-electron chi connectivity index (χ2n) is 5.94. The molecule has 1 heterocycles. The predicted octanol–water partition coefficient (Wildman–Crippen LogP) is 1.44. The molecule has 3 rings (SSSR count). The molecule has 1 aromatic carbocycles. The number of benzene rings is 1. The minimum absolute atomic E-state index is 0.0712. The highest BCUT2D eigenvalue weighted by molar-refractivity contribution is 6.00. The Kier molecular flexibility index (Phi) is 4.06. The Morgan fingerprint density at radius 1 is 1.22 bits per heavy atom. The van der Waals surface area contributed by atoms with Gasteiger partial charge in [0, 0.05) is 6.04 Å². The third kappa shape index (κ3) is 3.21. The maximum absolute atomic E-state index is 12.4. The summed E-state index contributed by atoms with van der Waals surface area (Å²) in [6.07, 6.45) is 2.83. The van der Waals surface area contributed by atoms with Crippen LogP contribution in [0.25, 0.3) is 0 Å². The van der Waals surface area contributed by atoms with E-state index < -0.39 is 6.03 Å². The van der Waals surface area contributed by atoms with Crippen molar-refractivity contribution in [2.24, 2.45) is 5.73 Å². The van der Waals surface area contributed by atoms with E-state index in [2.05, 4.69) is 34.7 Å². The first-order chi connectivity index (χ1) is 11.0. The molecule has 1 aliphatic carbocycles. The van der Waals surface area contributed by atoms with Crippen LogP contribution in [0.1, 0.15) is 30.7 Å². The molecule has 0 aromatic heterocycles. The number of amides is 3. The van der Waals surface area contributed by atoms with E-state index in [0.29, 0.717) is 5.92 Å². The molecule has 1 fully saturated rings. The van der Waals surface area contributed by atoms with Gasteiger partial charge in [-0.3, -0.25) is 4.79 Å². The molecule has 1 aliphatic heterocycles. The summed E-state index contributed by atoms with van der Waals surface area (Å²) in [5, 5.41) is 7.83. The molecule has 6 heteroatoms. The lowest BCUT2D eigenvalue weighted by molar-refractivity contribution is -0.118. The lowest BCUT2D eigenvalue weighted by atomic mass is 9.98. The van der Waals surface area contributed by atoms with Crippen LogP contribution in [0.15, 0.2) is 54.0 Å². The highest BCUT2D eigenvalue weighted by Crippen LogP contribution is 2.34. The summed E-state index contributed by atoms with van der Waals surface area (Å²) in [4.78, 5) is 23.8. The van der Waals surface area contributed by atoms with E-state index >= 15 is 0 Å². The molecule has 2 atom stereocenters. The van der Waals surface area contributed by atoms with E-state index in [-0.39, 0.29) is 29.0 Å². The molecule has 0 unspecified atom stereocenters. The summed E-state index contributed by atoms with van der Waals surface area (Å²) >= 11 is 0. The van der Waals surface area contributed by atoms with E-state index in [1.54, 1.807) is 0 Å². The molecule has 2 aliphatic rings. The van der Waals surface area contributed by atoms with Crippen molar-refractivity contribution < 1.29 is 9.59 Å². The van der Waals surface area contributed by atoms with Crippen LogP contribution < -0.4 is 21.7 Å². The molecule has 1 aromatic rings. The highest BCUT2D eigenvalue weighted by Gasteiger charge is 2.30. The summed E-state index contributed by atoms with van der Waals surface area (Å²) in [5.74, 6) is 0.0858. The van der Waals surface area contributed by atoms with Crippen molar-refractivity contribution in [3.63, 3.8) is 0 Å². The van der Waals surface area contributed by atoms with Crippen molar-refractivity contribution in [1.82, 2.24) is 16.0 Å². The smallest absolute Gasteiger partial charge is 0.323 e. The van der Waals surface area contributed by atoms with Gasteiger partial charge in [0.25, 0.3) is 5.91 Å². The van der Waals surface area contributed by atoms with Crippen LogP contribution in [-0.4, -0.2) is 18.0 Å². The molecule has 3 amide bonds. The van der Waals surface area contributed by atoms with Gasteiger partial charge in [0.2, 0.25) is 0 Å². The molecule has 23 heavy (non-hydrogen) atoms. The average molecular weight is 312 g/mol. The number of urea groups is 1. The van der Waals surface area contributed by atoms with Gasteiger partial charge in [-0.15, -0.1) is 0 Å². The topological polar surface area (TPSA) is 96.2 Å². The van der Waals surface area contributed by atoms with Crippen LogP contribution in [0, 0.1) is 0 Å². The summed E-state index contributed by atoms with van der Waals surface area (Å²) in [5.41, 5.74) is 7.60. The van der Waals surface area contributed by atoms with E-state index in [9.17, 15) is 9.59 Å². The molecular weight excluding hydrogens is 292 g/mol. The summed E-state index contributed by atoms with van der Waals surface area (Å²) in [6, 6.07) is 9.88. The van der Waals surface area contributed by atoms with Gasteiger partial charge >= 0.3 is 6.03 Å². The fourth-order valence-electron chi connectivity index (χ4n) is 3.14. The maximum Gasteiger partial charge on any atom is 0.323 e. The summed E-state index contributed by atoms with van der Waals surface area (Å²) in [7, 11) is 0. The van der Waals surface area contributed by atoms with Gasteiger partial charge in [-0.2, -0.15) is 0 Å². The van der Waals surface area contributed by atoms with Crippen LogP contribution in [0.3, 0.4) is 0 Å². The van der Waals surface area contributed by atoms with Crippen molar-refractivity contribution in [1.29, 1.82) is 0 Å². The number of carbonyl (C=O) groups is 2. The maximum atomic E-state index is 12.4. The highest BCUT2D eigenvalue weighted by atomic mass is 16.2. The summed E-state index contributed by atoms with van der Waals surface area (Å²) < 4.78 is 0. The van der Waals surface area contributed by atoms with Gasteiger partial charge in [-0.05, 0) is 30.7 Å².